The summed E-state index contributed by atoms with van der Waals surface area (Å²) in [5.41, 5.74) is 0.800. The normalized spacial score (nSPS) is 17.0. The first-order valence-electron chi connectivity index (χ1n) is 7.87. The molecule has 1 aromatic heterocycles. The summed E-state index contributed by atoms with van der Waals surface area (Å²) in [6.07, 6.45) is 10.6. The summed E-state index contributed by atoms with van der Waals surface area (Å²) in [4.78, 5) is 16.4. The van der Waals surface area contributed by atoms with Gasteiger partial charge in [-0.1, -0.05) is 12.2 Å². The number of carbonyl (C=O) groups excluding carboxylic acids is 1. The van der Waals surface area contributed by atoms with Crippen LogP contribution in [-0.4, -0.2) is 15.5 Å². The van der Waals surface area contributed by atoms with Gasteiger partial charge >= 0.3 is 0 Å². The van der Waals surface area contributed by atoms with Crippen LogP contribution >= 0.6 is 0 Å². The van der Waals surface area contributed by atoms with E-state index in [0.29, 0.717) is 6.61 Å². The Bertz CT molecular complexity index is 689. The maximum atomic E-state index is 12.2. The van der Waals surface area contributed by atoms with Crippen LogP contribution < -0.4 is 10.1 Å². The highest BCUT2D eigenvalue weighted by Crippen LogP contribution is 2.21. The van der Waals surface area contributed by atoms with Crippen molar-refractivity contribution in [3.63, 3.8) is 0 Å². The zero-order chi connectivity index (χ0) is 16.1. The van der Waals surface area contributed by atoms with Crippen molar-refractivity contribution in [2.75, 3.05) is 5.32 Å². The van der Waals surface area contributed by atoms with Crippen LogP contribution in [0, 0.1) is 5.92 Å². The second kappa shape index (κ2) is 7.13. The number of amides is 1. The van der Waals surface area contributed by atoms with Gasteiger partial charge in [-0.25, -0.2) is 4.98 Å². The topological polar surface area (TPSA) is 56.1 Å². The van der Waals surface area contributed by atoms with E-state index in [-0.39, 0.29) is 11.8 Å². The third kappa shape index (κ3) is 4.00. The molecular formula is C18H21N3O2. The van der Waals surface area contributed by atoms with Crippen molar-refractivity contribution < 1.29 is 9.53 Å². The summed E-state index contributed by atoms with van der Waals surface area (Å²) < 4.78 is 7.63. The van der Waals surface area contributed by atoms with Crippen molar-refractivity contribution in [2.45, 2.75) is 25.9 Å². The van der Waals surface area contributed by atoms with Crippen molar-refractivity contribution in [3.8, 4) is 5.75 Å². The number of hydrogen-bond donors (Lipinski definition) is 1. The molecule has 0 spiro atoms. The number of carbonyl (C=O) groups is 1. The van der Waals surface area contributed by atoms with Gasteiger partial charge in [-0.05, 0) is 43.5 Å². The molecule has 2 aromatic rings. The zero-order valence-corrected chi connectivity index (χ0v) is 13.2. The van der Waals surface area contributed by atoms with Gasteiger partial charge in [0.2, 0.25) is 5.91 Å². The molecule has 1 unspecified atom stereocenters. The number of allylic oxidation sites excluding steroid dienone is 2. The molecule has 0 radical (unpaired) electrons. The van der Waals surface area contributed by atoms with Gasteiger partial charge in [-0.3, -0.25) is 4.79 Å². The Morgan fingerprint density at radius 3 is 2.83 bits per heavy atom. The Balaban J connectivity index is 1.53. The second-order valence-electron chi connectivity index (χ2n) is 5.74. The number of aromatic nitrogens is 2. The van der Waals surface area contributed by atoms with Gasteiger partial charge in [0.05, 0.1) is 0 Å². The van der Waals surface area contributed by atoms with E-state index in [1.54, 1.807) is 6.20 Å². The second-order valence-corrected chi connectivity index (χ2v) is 5.74. The minimum absolute atomic E-state index is 0.0827. The molecule has 1 aromatic carbocycles. The lowest BCUT2D eigenvalue weighted by molar-refractivity contribution is -0.120. The summed E-state index contributed by atoms with van der Waals surface area (Å²) in [5, 5.41) is 2.97. The SMILES string of the molecule is Cn1ccnc1COc1ccc(NC(=O)C2CC=CCC2)cc1. The number of hydrogen-bond acceptors (Lipinski definition) is 3. The zero-order valence-electron chi connectivity index (χ0n) is 13.2. The maximum Gasteiger partial charge on any atom is 0.227 e. The van der Waals surface area contributed by atoms with Crippen molar-refractivity contribution in [1.82, 2.24) is 9.55 Å². The van der Waals surface area contributed by atoms with Crippen molar-refractivity contribution >= 4 is 11.6 Å². The van der Waals surface area contributed by atoms with Crippen LogP contribution in [0.4, 0.5) is 5.69 Å². The van der Waals surface area contributed by atoms with Crippen molar-refractivity contribution in [2.24, 2.45) is 13.0 Å². The molecule has 1 aliphatic carbocycles. The van der Waals surface area contributed by atoms with E-state index in [4.69, 9.17) is 4.74 Å². The van der Waals surface area contributed by atoms with E-state index in [1.165, 1.54) is 0 Å². The first-order chi connectivity index (χ1) is 11.2. The number of nitrogens with zero attached hydrogens (tertiary/aromatic N) is 2. The Morgan fingerprint density at radius 2 is 2.17 bits per heavy atom. The number of aryl methyl sites for hydroxylation is 1. The molecule has 3 rings (SSSR count). The Morgan fingerprint density at radius 1 is 1.35 bits per heavy atom. The standard InChI is InChI=1S/C18H21N3O2/c1-21-12-11-19-17(21)13-23-16-9-7-15(8-10-16)20-18(22)14-5-3-2-4-6-14/h2-3,7-12,14H,4-6,13H2,1H3,(H,20,22). The molecular weight excluding hydrogens is 290 g/mol. The monoisotopic (exact) mass is 311 g/mol. The minimum atomic E-state index is 0.0827. The number of rotatable bonds is 5. The lowest BCUT2D eigenvalue weighted by atomic mass is 9.93. The average Bonchev–Trinajstić information content (AvgIpc) is 3.00. The summed E-state index contributed by atoms with van der Waals surface area (Å²) in [5.74, 6) is 1.80. The smallest absolute Gasteiger partial charge is 0.227 e. The fourth-order valence-electron chi connectivity index (χ4n) is 2.59. The molecule has 23 heavy (non-hydrogen) atoms. The van der Waals surface area contributed by atoms with Crippen molar-refractivity contribution in [1.29, 1.82) is 0 Å². The summed E-state index contributed by atoms with van der Waals surface area (Å²) in [6, 6.07) is 7.45. The highest BCUT2D eigenvalue weighted by atomic mass is 16.5. The summed E-state index contributed by atoms with van der Waals surface area (Å²) >= 11 is 0. The average molecular weight is 311 g/mol. The van der Waals surface area contributed by atoms with Crippen LogP contribution in [0.15, 0.2) is 48.8 Å². The quantitative estimate of drug-likeness (QED) is 0.862. The molecule has 0 bridgehead atoms. The molecule has 1 atom stereocenters. The predicted octanol–water partition coefficient (Wildman–Crippen LogP) is 3.29. The van der Waals surface area contributed by atoms with Gasteiger partial charge in [0, 0.05) is 31.0 Å². The van der Waals surface area contributed by atoms with Gasteiger partial charge < -0.3 is 14.6 Å². The molecule has 0 saturated heterocycles. The van der Waals surface area contributed by atoms with Gasteiger partial charge in [0.15, 0.2) is 0 Å². The van der Waals surface area contributed by atoms with Gasteiger partial charge in [-0.15, -0.1) is 0 Å². The molecule has 5 heteroatoms. The van der Waals surface area contributed by atoms with Crippen LogP contribution in [0.1, 0.15) is 25.1 Å². The predicted molar refractivity (Wildman–Crippen MR) is 89.1 cm³/mol. The lowest BCUT2D eigenvalue weighted by Gasteiger charge is -2.17. The fourth-order valence-corrected chi connectivity index (χ4v) is 2.59. The molecule has 0 aliphatic heterocycles. The van der Waals surface area contributed by atoms with E-state index in [9.17, 15) is 4.79 Å². The molecule has 5 nitrogen and oxygen atoms in total. The van der Waals surface area contributed by atoms with Gasteiger partial charge in [-0.2, -0.15) is 0 Å². The van der Waals surface area contributed by atoms with Crippen LogP contribution in [0.3, 0.4) is 0 Å². The highest BCUT2D eigenvalue weighted by Gasteiger charge is 2.18. The van der Waals surface area contributed by atoms with Crippen molar-refractivity contribution in [3.05, 3.63) is 54.6 Å². The third-order valence-corrected chi connectivity index (χ3v) is 4.05. The minimum Gasteiger partial charge on any atom is -0.486 e. The summed E-state index contributed by atoms with van der Waals surface area (Å²) in [6.45, 7) is 0.420. The van der Waals surface area contributed by atoms with Crippen LogP contribution in [0.25, 0.3) is 0 Å². The molecule has 1 aliphatic rings. The van der Waals surface area contributed by atoms with Gasteiger partial charge in [0.25, 0.3) is 0 Å². The largest absolute Gasteiger partial charge is 0.486 e. The number of nitrogens with one attached hydrogen (secondary N) is 1. The lowest BCUT2D eigenvalue weighted by Crippen LogP contribution is -2.23. The number of imidazole rings is 1. The van der Waals surface area contributed by atoms with E-state index in [2.05, 4.69) is 22.5 Å². The Labute approximate surface area is 136 Å². The van der Waals surface area contributed by atoms with E-state index in [1.807, 2.05) is 42.1 Å². The van der Waals surface area contributed by atoms with Crippen LogP contribution in [0.2, 0.25) is 0 Å². The maximum absolute atomic E-state index is 12.2. The third-order valence-electron chi connectivity index (χ3n) is 4.05. The summed E-state index contributed by atoms with van der Waals surface area (Å²) in [7, 11) is 1.94. The number of benzene rings is 1. The molecule has 120 valence electrons. The van der Waals surface area contributed by atoms with E-state index < -0.39 is 0 Å². The molecule has 1 amide bonds. The Kier molecular flexibility index (Phi) is 4.76. The van der Waals surface area contributed by atoms with Gasteiger partial charge in [0.1, 0.15) is 18.2 Å². The van der Waals surface area contributed by atoms with Crippen LogP contribution in [0.5, 0.6) is 5.75 Å². The number of anilines is 1. The number of ether oxygens (including phenoxy) is 1. The molecule has 0 fully saturated rings. The molecule has 1 N–H and O–H groups in total. The highest BCUT2D eigenvalue weighted by molar-refractivity contribution is 5.92. The molecule has 0 saturated carbocycles. The van der Waals surface area contributed by atoms with Crippen LogP contribution in [-0.2, 0) is 18.4 Å². The fraction of sp³-hybridized carbons (Fsp3) is 0.333. The Hall–Kier alpha value is -2.56. The van der Waals surface area contributed by atoms with E-state index >= 15 is 0 Å². The van der Waals surface area contributed by atoms with E-state index in [0.717, 1.165) is 36.5 Å². The first kappa shape index (κ1) is 15.3. The molecule has 1 heterocycles. The first-order valence-corrected chi connectivity index (χ1v) is 7.87.